The Balaban J connectivity index is 1.58. The molecular formula is C25H25N3O3. The van der Waals surface area contributed by atoms with E-state index in [2.05, 4.69) is 15.6 Å². The highest BCUT2D eigenvalue weighted by Crippen LogP contribution is 2.34. The summed E-state index contributed by atoms with van der Waals surface area (Å²) in [5.74, 6) is 0.396. The molecule has 2 heterocycles. The maximum Gasteiger partial charge on any atom is 0.256 e. The Labute approximate surface area is 181 Å². The molecule has 1 aliphatic heterocycles. The van der Waals surface area contributed by atoms with Crippen LogP contribution >= 0.6 is 0 Å². The summed E-state index contributed by atoms with van der Waals surface area (Å²) >= 11 is 0. The third kappa shape index (κ3) is 4.10. The highest BCUT2D eigenvalue weighted by atomic mass is 16.5. The van der Waals surface area contributed by atoms with Gasteiger partial charge in [-0.15, -0.1) is 0 Å². The van der Waals surface area contributed by atoms with Crippen molar-refractivity contribution < 1.29 is 14.3 Å². The second kappa shape index (κ2) is 8.14. The van der Waals surface area contributed by atoms with Crippen molar-refractivity contribution >= 4 is 29.2 Å². The van der Waals surface area contributed by atoms with Gasteiger partial charge >= 0.3 is 0 Å². The number of aryl methyl sites for hydroxylation is 2. The number of aromatic amines is 1. The van der Waals surface area contributed by atoms with Gasteiger partial charge in [0.15, 0.2) is 0 Å². The monoisotopic (exact) mass is 415 g/mol. The number of ether oxygens (including phenoxy) is 1. The number of fused-ring (bicyclic) bond motifs is 1. The first-order valence-corrected chi connectivity index (χ1v) is 10.1. The molecule has 2 amide bonds. The number of hydrogen-bond donors (Lipinski definition) is 3. The van der Waals surface area contributed by atoms with Gasteiger partial charge in [0.25, 0.3) is 11.8 Å². The van der Waals surface area contributed by atoms with Gasteiger partial charge in [0.2, 0.25) is 0 Å². The van der Waals surface area contributed by atoms with E-state index in [0.29, 0.717) is 16.8 Å². The zero-order chi connectivity index (χ0) is 22.1. The molecule has 4 rings (SSSR count). The molecule has 0 fully saturated rings. The summed E-state index contributed by atoms with van der Waals surface area (Å²) in [7, 11) is 1.62. The van der Waals surface area contributed by atoms with Crippen molar-refractivity contribution in [2.75, 3.05) is 12.4 Å². The third-order valence-corrected chi connectivity index (χ3v) is 5.51. The highest BCUT2D eigenvalue weighted by Gasteiger charge is 2.26. The Bertz CT molecular complexity index is 1190. The van der Waals surface area contributed by atoms with Crippen molar-refractivity contribution in [3.05, 3.63) is 82.2 Å². The molecule has 1 aliphatic rings. The third-order valence-electron chi connectivity index (χ3n) is 5.51. The van der Waals surface area contributed by atoms with Crippen LogP contribution in [0.3, 0.4) is 0 Å². The van der Waals surface area contributed by atoms with Gasteiger partial charge in [0, 0.05) is 28.2 Å². The number of carbonyl (C=O) groups excluding carboxylic acids is 2. The Morgan fingerprint density at radius 2 is 1.84 bits per heavy atom. The number of H-pyrrole nitrogens is 1. The van der Waals surface area contributed by atoms with E-state index in [0.717, 1.165) is 33.8 Å². The van der Waals surface area contributed by atoms with Crippen LogP contribution in [0.2, 0.25) is 0 Å². The smallest absolute Gasteiger partial charge is 0.256 e. The predicted molar refractivity (Wildman–Crippen MR) is 122 cm³/mol. The fourth-order valence-electron chi connectivity index (χ4n) is 3.77. The molecule has 1 aromatic heterocycles. The molecule has 31 heavy (non-hydrogen) atoms. The van der Waals surface area contributed by atoms with E-state index in [9.17, 15) is 9.59 Å². The lowest BCUT2D eigenvalue weighted by Crippen LogP contribution is -2.26. The molecule has 0 bridgehead atoms. The maximum atomic E-state index is 12.9. The minimum absolute atomic E-state index is 0.175. The first-order valence-electron chi connectivity index (χ1n) is 10.1. The minimum atomic E-state index is -0.197. The average Bonchev–Trinajstić information content (AvgIpc) is 3.25. The number of hydrogen-bond acceptors (Lipinski definition) is 3. The summed E-state index contributed by atoms with van der Waals surface area (Å²) in [6, 6.07) is 14.7. The molecule has 3 aromatic rings. The molecule has 2 aromatic carbocycles. The fraction of sp³-hybridized carbons (Fsp3) is 0.200. The van der Waals surface area contributed by atoms with Crippen LogP contribution in [0.25, 0.3) is 11.6 Å². The van der Waals surface area contributed by atoms with Crippen molar-refractivity contribution in [2.24, 2.45) is 0 Å². The second-order valence-corrected chi connectivity index (χ2v) is 7.79. The molecular weight excluding hydrogens is 390 g/mol. The summed E-state index contributed by atoms with van der Waals surface area (Å²) < 4.78 is 5.18. The highest BCUT2D eigenvalue weighted by molar-refractivity contribution is 6.35. The topological polar surface area (TPSA) is 83.2 Å². The quantitative estimate of drug-likeness (QED) is 0.532. The summed E-state index contributed by atoms with van der Waals surface area (Å²) in [5.41, 5.74) is 6.43. The standard InChI is InChI=1S/C25H25N3O3/c1-14-11-15(2)26-23(14)13-21-20-12-18(7-10-22(20)28-25(21)30)24(29)27-16(3)17-5-8-19(31-4)9-6-17/h5-13,16,26H,1-4H3,(H,27,29)(H,28,30)/t16-/m1/s1. The fourth-order valence-corrected chi connectivity index (χ4v) is 3.77. The zero-order valence-electron chi connectivity index (χ0n) is 18.0. The van der Waals surface area contributed by atoms with E-state index >= 15 is 0 Å². The van der Waals surface area contributed by atoms with Crippen molar-refractivity contribution in [1.82, 2.24) is 10.3 Å². The van der Waals surface area contributed by atoms with E-state index in [4.69, 9.17) is 4.74 Å². The lowest BCUT2D eigenvalue weighted by Gasteiger charge is -2.15. The second-order valence-electron chi connectivity index (χ2n) is 7.79. The van der Waals surface area contributed by atoms with Crippen LogP contribution in [-0.4, -0.2) is 23.9 Å². The van der Waals surface area contributed by atoms with Crippen LogP contribution in [0, 0.1) is 13.8 Å². The average molecular weight is 415 g/mol. The first-order chi connectivity index (χ1) is 14.9. The lowest BCUT2D eigenvalue weighted by atomic mass is 10.0. The van der Waals surface area contributed by atoms with E-state index < -0.39 is 0 Å². The van der Waals surface area contributed by atoms with E-state index in [-0.39, 0.29) is 17.9 Å². The molecule has 0 saturated carbocycles. The number of benzene rings is 2. The van der Waals surface area contributed by atoms with Gasteiger partial charge in [-0.05, 0) is 74.4 Å². The van der Waals surface area contributed by atoms with Gasteiger partial charge in [-0.25, -0.2) is 0 Å². The summed E-state index contributed by atoms with van der Waals surface area (Å²) in [5, 5.41) is 5.89. The van der Waals surface area contributed by atoms with Crippen LogP contribution in [0.5, 0.6) is 5.75 Å². The van der Waals surface area contributed by atoms with Gasteiger partial charge in [0.1, 0.15) is 5.75 Å². The van der Waals surface area contributed by atoms with Gasteiger partial charge in [-0.1, -0.05) is 12.1 Å². The molecule has 158 valence electrons. The van der Waals surface area contributed by atoms with Crippen molar-refractivity contribution in [2.45, 2.75) is 26.8 Å². The SMILES string of the molecule is COc1ccc([C@@H](C)NC(=O)c2ccc3c(c2)C(=Cc2[nH]c(C)cc2C)C(=O)N3)cc1. The number of amides is 2. The predicted octanol–water partition coefficient (Wildman–Crippen LogP) is 4.62. The van der Waals surface area contributed by atoms with Crippen LogP contribution < -0.4 is 15.4 Å². The molecule has 6 heteroatoms. The van der Waals surface area contributed by atoms with Crippen LogP contribution in [0.1, 0.15) is 51.4 Å². The number of nitrogens with one attached hydrogen (secondary N) is 3. The van der Waals surface area contributed by atoms with Crippen LogP contribution in [0.15, 0.2) is 48.5 Å². The molecule has 0 saturated heterocycles. The zero-order valence-corrected chi connectivity index (χ0v) is 18.0. The molecule has 0 spiro atoms. The molecule has 0 aliphatic carbocycles. The molecule has 0 unspecified atom stereocenters. The van der Waals surface area contributed by atoms with Gasteiger partial charge < -0.3 is 20.4 Å². The largest absolute Gasteiger partial charge is 0.497 e. The number of carbonyl (C=O) groups is 2. The van der Waals surface area contributed by atoms with Gasteiger partial charge in [-0.3, -0.25) is 9.59 Å². The summed E-state index contributed by atoms with van der Waals surface area (Å²) in [4.78, 5) is 28.7. The van der Waals surface area contributed by atoms with E-state index in [1.54, 1.807) is 25.3 Å². The number of rotatable bonds is 5. The Kier molecular flexibility index (Phi) is 5.38. The Morgan fingerprint density at radius 1 is 1.10 bits per heavy atom. The number of methoxy groups -OCH3 is 1. The summed E-state index contributed by atoms with van der Waals surface area (Å²) in [6.07, 6.45) is 1.84. The van der Waals surface area contributed by atoms with Crippen molar-refractivity contribution in [3.8, 4) is 5.75 Å². The maximum absolute atomic E-state index is 12.9. The Hall–Kier alpha value is -3.80. The minimum Gasteiger partial charge on any atom is -0.497 e. The van der Waals surface area contributed by atoms with Crippen molar-refractivity contribution in [3.63, 3.8) is 0 Å². The molecule has 3 N–H and O–H groups in total. The molecule has 6 nitrogen and oxygen atoms in total. The van der Waals surface area contributed by atoms with Crippen LogP contribution in [0.4, 0.5) is 5.69 Å². The van der Waals surface area contributed by atoms with E-state index in [1.807, 2.05) is 57.2 Å². The van der Waals surface area contributed by atoms with E-state index in [1.165, 1.54) is 0 Å². The Morgan fingerprint density at radius 3 is 2.48 bits per heavy atom. The normalized spacial score (nSPS) is 14.8. The first kappa shape index (κ1) is 20.5. The number of aromatic nitrogens is 1. The van der Waals surface area contributed by atoms with Gasteiger partial charge in [0.05, 0.1) is 18.7 Å². The number of anilines is 1. The summed E-state index contributed by atoms with van der Waals surface area (Å²) in [6.45, 7) is 5.90. The molecule has 0 radical (unpaired) electrons. The molecule has 1 atom stereocenters. The van der Waals surface area contributed by atoms with Gasteiger partial charge in [-0.2, -0.15) is 0 Å². The van der Waals surface area contributed by atoms with Crippen molar-refractivity contribution in [1.29, 1.82) is 0 Å². The lowest BCUT2D eigenvalue weighted by molar-refractivity contribution is -0.110. The van der Waals surface area contributed by atoms with Crippen LogP contribution in [-0.2, 0) is 4.79 Å².